The maximum absolute atomic E-state index is 12.5. The predicted molar refractivity (Wildman–Crippen MR) is 92.3 cm³/mol. The molecular weight excluding hydrogens is 342 g/mol. The van der Waals surface area contributed by atoms with E-state index in [1.54, 1.807) is 10.7 Å². The van der Waals surface area contributed by atoms with Crippen LogP contribution in [0.15, 0.2) is 6.07 Å². The number of aliphatic hydroxyl groups is 1. The van der Waals surface area contributed by atoms with Crippen LogP contribution < -0.4 is 5.32 Å². The van der Waals surface area contributed by atoms with E-state index < -0.39 is 15.4 Å². The first-order chi connectivity index (χ1) is 11.9. The molecule has 1 aromatic rings. The van der Waals surface area contributed by atoms with Gasteiger partial charge in [0, 0.05) is 18.2 Å². The molecule has 3 fully saturated rings. The summed E-state index contributed by atoms with van der Waals surface area (Å²) in [4.78, 5) is 12.5. The molecule has 2 N–H and O–H groups in total. The molecule has 4 rings (SSSR count). The highest BCUT2D eigenvalue weighted by atomic mass is 32.2. The minimum atomic E-state index is -3.00. The predicted octanol–water partition coefficient (Wildman–Crippen LogP) is 1.15. The van der Waals surface area contributed by atoms with Gasteiger partial charge in [0.15, 0.2) is 9.84 Å². The molecule has 7 nitrogen and oxygen atoms in total. The summed E-state index contributed by atoms with van der Waals surface area (Å²) in [6, 6.07) is 1.64. The summed E-state index contributed by atoms with van der Waals surface area (Å²) in [6.45, 7) is 0.245. The molecular formula is C17H25N3O4S. The molecule has 8 heteroatoms. The number of aromatic nitrogens is 2. The van der Waals surface area contributed by atoms with Gasteiger partial charge in [0.05, 0.1) is 23.1 Å². The molecule has 2 aliphatic carbocycles. The fourth-order valence-electron chi connectivity index (χ4n) is 4.01. The zero-order chi connectivity index (χ0) is 17.7. The van der Waals surface area contributed by atoms with Gasteiger partial charge in [0.1, 0.15) is 5.69 Å². The van der Waals surface area contributed by atoms with Gasteiger partial charge in [-0.3, -0.25) is 9.48 Å². The summed E-state index contributed by atoms with van der Waals surface area (Å²) in [6.07, 6.45) is 6.10. The van der Waals surface area contributed by atoms with Crippen molar-refractivity contribution in [3.8, 4) is 0 Å². The number of carbonyl (C=O) groups is 1. The zero-order valence-corrected chi connectivity index (χ0v) is 15.1. The molecule has 0 bridgehead atoms. The van der Waals surface area contributed by atoms with E-state index in [9.17, 15) is 18.3 Å². The molecule has 0 spiro atoms. The van der Waals surface area contributed by atoms with E-state index in [0.29, 0.717) is 18.0 Å². The SMILES string of the molecule is O=C(NCC1(O)CCCC1)c1cc(C2CC2)n(C2CCS(=O)(=O)C2)n1. The number of nitrogens with zero attached hydrogens (tertiary/aromatic N) is 2. The van der Waals surface area contributed by atoms with Crippen molar-refractivity contribution in [2.24, 2.45) is 0 Å². The van der Waals surface area contributed by atoms with Crippen molar-refractivity contribution in [3.05, 3.63) is 17.5 Å². The van der Waals surface area contributed by atoms with Crippen LogP contribution in [0.1, 0.15) is 73.1 Å². The number of nitrogens with one attached hydrogen (secondary N) is 1. The monoisotopic (exact) mass is 367 g/mol. The second-order valence-electron chi connectivity index (χ2n) is 7.84. The highest BCUT2D eigenvalue weighted by Crippen LogP contribution is 2.42. The molecule has 1 aromatic heterocycles. The van der Waals surface area contributed by atoms with E-state index >= 15 is 0 Å². The molecule has 3 aliphatic rings. The summed E-state index contributed by atoms with van der Waals surface area (Å²) in [7, 11) is -3.00. The Labute approximate surface area is 147 Å². The lowest BCUT2D eigenvalue weighted by atomic mass is 10.0. The number of carbonyl (C=O) groups excluding carboxylic acids is 1. The standard InChI is InChI=1S/C17H25N3O4S/c21-16(18-11-17(22)6-1-2-7-17)14-9-15(12-3-4-12)20(19-14)13-5-8-25(23,24)10-13/h9,12-13,22H,1-8,10-11H2,(H,18,21). The van der Waals surface area contributed by atoms with Crippen LogP contribution in [-0.4, -0.2) is 52.9 Å². The molecule has 1 amide bonds. The Balaban J connectivity index is 1.50. The van der Waals surface area contributed by atoms with Crippen LogP contribution in [0.2, 0.25) is 0 Å². The molecule has 0 radical (unpaired) electrons. The molecule has 25 heavy (non-hydrogen) atoms. The van der Waals surface area contributed by atoms with Crippen molar-refractivity contribution >= 4 is 15.7 Å². The third-order valence-electron chi connectivity index (χ3n) is 5.66. The third kappa shape index (κ3) is 3.60. The number of sulfone groups is 1. The molecule has 138 valence electrons. The van der Waals surface area contributed by atoms with E-state index in [4.69, 9.17) is 0 Å². The smallest absolute Gasteiger partial charge is 0.271 e. The number of rotatable bonds is 5. The van der Waals surface area contributed by atoms with Gasteiger partial charge >= 0.3 is 0 Å². The van der Waals surface area contributed by atoms with Crippen LogP contribution >= 0.6 is 0 Å². The van der Waals surface area contributed by atoms with Gasteiger partial charge in [-0.1, -0.05) is 12.8 Å². The first-order valence-electron chi connectivity index (χ1n) is 9.16. The van der Waals surface area contributed by atoms with Crippen molar-refractivity contribution in [1.29, 1.82) is 0 Å². The summed E-state index contributed by atoms with van der Waals surface area (Å²) in [5, 5.41) is 17.6. The Hall–Kier alpha value is -1.41. The normalized spacial score (nSPS) is 27.5. The first kappa shape index (κ1) is 17.0. The molecule has 1 unspecified atom stereocenters. The largest absolute Gasteiger partial charge is 0.388 e. The summed E-state index contributed by atoms with van der Waals surface area (Å²) in [5.74, 6) is 0.393. The van der Waals surface area contributed by atoms with Crippen LogP contribution in [-0.2, 0) is 9.84 Å². The lowest BCUT2D eigenvalue weighted by Crippen LogP contribution is -2.40. The Bertz CT molecular complexity index is 776. The average molecular weight is 367 g/mol. The zero-order valence-electron chi connectivity index (χ0n) is 14.3. The Morgan fingerprint density at radius 2 is 2.04 bits per heavy atom. The second-order valence-corrected chi connectivity index (χ2v) is 10.1. The Morgan fingerprint density at radius 3 is 2.64 bits per heavy atom. The first-order valence-corrected chi connectivity index (χ1v) is 11.0. The van der Waals surface area contributed by atoms with E-state index in [-0.39, 0.29) is 30.0 Å². The maximum Gasteiger partial charge on any atom is 0.271 e. The molecule has 1 aliphatic heterocycles. The van der Waals surface area contributed by atoms with Crippen molar-refractivity contribution in [3.63, 3.8) is 0 Å². The minimum absolute atomic E-state index is 0.106. The van der Waals surface area contributed by atoms with Gasteiger partial charge < -0.3 is 10.4 Å². The van der Waals surface area contributed by atoms with Crippen LogP contribution in [0.3, 0.4) is 0 Å². The number of hydrogen-bond donors (Lipinski definition) is 2. The van der Waals surface area contributed by atoms with Crippen molar-refractivity contribution in [1.82, 2.24) is 15.1 Å². The van der Waals surface area contributed by atoms with Gasteiger partial charge in [0.25, 0.3) is 5.91 Å². The number of amides is 1. The van der Waals surface area contributed by atoms with Crippen LogP contribution in [0.5, 0.6) is 0 Å². The Morgan fingerprint density at radius 1 is 1.32 bits per heavy atom. The average Bonchev–Trinajstić information content (AvgIpc) is 2.99. The van der Waals surface area contributed by atoms with E-state index in [1.807, 2.05) is 0 Å². The molecule has 1 atom stereocenters. The van der Waals surface area contributed by atoms with Crippen LogP contribution in [0.4, 0.5) is 0 Å². The summed E-state index contributed by atoms with van der Waals surface area (Å²) >= 11 is 0. The van der Waals surface area contributed by atoms with Crippen molar-refractivity contribution in [2.75, 3.05) is 18.1 Å². The van der Waals surface area contributed by atoms with Crippen molar-refractivity contribution < 1.29 is 18.3 Å². The van der Waals surface area contributed by atoms with Crippen LogP contribution in [0, 0.1) is 0 Å². The quantitative estimate of drug-likeness (QED) is 0.813. The van der Waals surface area contributed by atoms with E-state index in [1.165, 1.54) is 0 Å². The minimum Gasteiger partial charge on any atom is -0.388 e. The molecule has 0 aromatic carbocycles. The third-order valence-corrected chi connectivity index (χ3v) is 7.41. The molecule has 1 saturated heterocycles. The second kappa shape index (κ2) is 6.09. The van der Waals surface area contributed by atoms with Gasteiger partial charge in [-0.15, -0.1) is 0 Å². The van der Waals surface area contributed by atoms with Crippen molar-refractivity contribution in [2.45, 2.75) is 62.5 Å². The highest BCUT2D eigenvalue weighted by molar-refractivity contribution is 7.91. The number of hydrogen-bond acceptors (Lipinski definition) is 5. The van der Waals surface area contributed by atoms with Gasteiger partial charge in [-0.05, 0) is 38.2 Å². The maximum atomic E-state index is 12.5. The lowest BCUT2D eigenvalue weighted by molar-refractivity contribution is 0.0448. The summed E-state index contributed by atoms with van der Waals surface area (Å²) < 4.78 is 25.4. The van der Waals surface area contributed by atoms with E-state index in [0.717, 1.165) is 44.2 Å². The Kier molecular flexibility index (Phi) is 4.15. The van der Waals surface area contributed by atoms with Crippen LogP contribution in [0.25, 0.3) is 0 Å². The van der Waals surface area contributed by atoms with Gasteiger partial charge in [0.2, 0.25) is 0 Å². The molecule has 2 heterocycles. The topological polar surface area (TPSA) is 101 Å². The fourth-order valence-corrected chi connectivity index (χ4v) is 5.70. The van der Waals surface area contributed by atoms with Gasteiger partial charge in [-0.25, -0.2) is 8.42 Å². The summed E-state index contributed by atoms with van der Waals surface area (Å²) in [5.41, 5.74) is 0.511. The highest BCUT2D eigenvalue weighted by Gasteiger charge is 2.36. The van der Waals surface area contributed by atoms with Gasteiger partial charge in [-0.2, -0.15) is 5.10 Å². The fraction of sp³-hybridized carbons (Fsp3) is 0.765. The van der Waals surface area contributed by atoms with E-state index in [2.05, 4.69) is 10.4 Å². The lowest BCUT2D eigenvalue weighted by Gasteiger charge is -2.21. The molecule has 2 saturated carbocycles.